The Morgan fingerprint density at radius 1 is 1.42 bits per heavy atom. The molecule has 2 aromatic rings. The summed E-state index contributed by atoms with van der Waals surface area (Å²) >= 11 is 0. The Kier molecular flexibility index (Phi) is 3.55. The molecule has 0 aliphatic carbocycles. The molecule has 100 valence electrons. The second kappa shape index (κ2) is 5.29. The molecular weight excluding hydrogens is 260 g/mol. The predicted octanol–water partition coefficient (Wildman–Crippen LogP) is 0.854. The lowest BCUT2D eigenvalue weighted by molar-refractivity contribution is -0.0528. The van der Waals surface area contributed by atoms with E-state index in [1.165, 1.54) is 35.5 Å². The molecule has 0 fully saturated rings. The fourth-order valence-corrected chi connectivity index (χ4v) is 1.25. The van der Waals surface area contributed by atoms with Crippen LogP contribution < -0.4 is 15.9 Å². The van der Waals surface area contributed by atoms with E-state index in [0.29, 0.717) is 5.69 Å². The SMILES string of the molecule is NC(=O)c1cnn(Nc2ccc(OC(F)F)nc2)c1. The molecular formula is C10H9F2N5O2. The van der Waals surface area contributed by atoms with Crippen LogP contribution >= 0.6 is 0 Å². The number of primary amides is 1. The highest BCUT2D eigenvalue weighted by molar-refractivity contribution is 5.92. The summed E-state index contributed by atoms with van der Waals surface area (Å²) in [5.74, 6) is -0.800. The fourth-order valence-electron chi connectivity index (χ4n) is 1.25. The van der Waals surface area contributed by atoms with Crippen LogP contribution in [0, 0.1) is 0 Å². The van der Waals surface area contributed by atoms with E-state index in [9.17, 15) is 13.6 Å². The van der Waals surface area contributed by atoms with Crippen molar-refractivity contribution < 1.29 is 18.3 Å². The minimum Gasteiger partial charge on any atom is -0.417 e. The van der Waals surface area contributed by atoms with Gasteiger partial charge in [0, 0.05) is 6.07 Å². The largest absolute Gasteiger partial charge is 0.417 e. The summed E-state index contributed by atoms with van der Waals surface area (Å²) in [6.45, 7) is -2.92. The van der Waals surface area contributed by atoms with Crippen molar-refractivity contribution in [1.29, 1.82) is 0 Å². The van der Waals surface area contributed by atoms with Crippen LogP contribution in [0.4, 0.5) is 14.5 Å². The summed E-state index contributed by atoms with van der Waals surface area (Å²) < 4.78 is 27.9. The molecule has 0 saturated heterocycles. The van der Waals surface area contributed by atoms with Crippen LogP contribution in [-0.4, -0.2) is 27.4 Å². The normalized spacial score (nSPS) is 10.5. The fraction of sp³-hybridized carbons (Fsp3) is 0.100. The minimum absolute atomic E-state index is 0.196. The number of carbonyl (C=O) groups excluding carboxylic acids is 1. The van der Waals surface area contributed by atoms with E-state index >= 15 is 0 Å². The van der Waals surface area contributed by atoms with Crippen molar-refractivity contribution in [2.24, 2.45) is 5.73 Å². The molecule has 0 atom stereocenters. The van der Waals surface area contributed by atoms with Gasteiger partial charge < -0.3 is 10.5 Å². The van der Waals surface area contributed by atoms with Crippen molar-refractivity contribution in [3.05, 3.63) is 36.3 Å². The number of pyridine rings is 1. The molecule has 0 saturated carbocycles. The summed E-state index contributed by atoms with van der Waals surface area (Å²) in [5, 5.41) is 3.83. The van der Waals surface area contributed by atoms with Gasteiger partial charge in [-0.1, -0.05) is 0 Å². The van der Waals surface area contributed by atoms with Crippen LogP contribution in [0.15, 0.2) is 30.7 Å². The number of amides is 1. The van der Waals surface area contributed by atoms with Crippen molar-refractivity contribution in [2.75, 3.05) is 5.43 Å². The Morgan fingerprint density at radius 3 is 2.74 bits per heavy atom. The monoisotopic (exact) mass is 269 g/mol. The molecule has 2 heterocycles. The molecule has 0 radical (unpaired) electrons. The first kappa shape index (κ1) is 12.7. The zero-order valence-corrected chi connectivity index (χ0v) is 9.46. The number of anilines is 1. The number of aromatic nitrogens is 3. The van der Waals surface area contributed by atoms with Crippen molar-refractivity contribution in [3.63, 3.8) is 0 Å². The number of nitrogens with zero attached hydrogens (tertiary/aromatic N) is 3. The van der Waals surface area contributed by atoms with Crippen molar-refractivity contribution in [1.82, 2.24) is 14.9 Å². The number of hydrogen-bond acceptors (Lipinski definition) is 5. The molecule has 0 aliphatic heterocycles. The minimum atomic E-state index is -2.92. The summed E-state index contributed by atoms with van der Waals surface area (Å²) in [4.78, 5) is 15.8. The van der Waals surface area contributed by atoms with Crippen LogP contribution in [0.3, 0.4) is 0 Å². The molecule has 0 spiro atoms. The second-order valence-corrected chi connectivity index (χ2v) is 3.41. The van der Waals surface area contributed by atoms with Gasteiger partial charge in [0.1, 0.15) is 0 Å². The maximum absolute atomic E-state index is 11.9. The van der Waals surface area contributed by atoms with E-state index in [1.807, 2.05) is 0 Å². The molecule has 2 aromatic heterocycles. The van der Waals surface area contributed by atoms with Gasteiger partial charge in [-0.05, 0) is 6.07 Å². The van der Waals surface area contributed by atoms with Gasteiger partial charge in [0.25, 0.3) is 5.91 Å². The molecule has 0 bridgehead atoms. The van der Waals surface area contributed by atoms with Gasteiger partial charge in [0.05, 0.1) is 29.8 Å². The van der Waals surface area contributed by atoms with Gasteiger partial charge in [-0.2, -0.15) is 18.7 Å². The third-order valence-electron chi connectivity index (χ3n) is 2.06. The molecule has 1 amide bonds. The first-order valence-corrected chi connectivity index (χ1v) is 5.07. The van der Waals surface area contributed by atoms with E-state index < -0.39 is 12.5 Å². The summed E-state index contributed by atoms with van der Waals surface area (Å²) in [6, 6.07) is 2.74. The van der Waals surface area contributed by atoms with Gasteiger partial charge in [-0.15, -0.1) is 0 Å². The summed E-state index contributed by atoms with van der Waals surface area (Å²) in [6.07, 6.45) is 3.95. The summed E-state index contributed by atoms with van der Waals surface area (Å²) in [7, 11) is 0. The number of rotatable bonds is 5. The van der Waals surface area contributed by atoms with Crippen molar-refractivity contribution in [2.45, 2.75) is 6.61 Å². The first-order chi connectivity index (χ1) is 9.04. The standard InChI is InChI=1S/C10H9F2N5O2/c11-10(12)19-8-2-1-7(4-14-8)16-17-5-6(3-15-17)9(13)18/h1-5,10,16H,(H2,13,18). The van der Waals surface area contributed by atoms with Gasteiger partial charge in [-0.25, -0.2) is 4.98 Å². The number of nitrogens with two attached hydrogens (primary N) is 1. The summed E-state index contributed by atoms with van der Waals surface area (Å²) in [5.41, 5.74) is 8.53. The topological polar surface area (TPSA) is 95.1 Å². The number of hydrogen-bond donors (Lipinski definition) is 2. The lowest BCUT2D eigenvalue weighted by Crippen LogP contribution is -2.12. The van der Waals surface area contributed by atoms with E-state index in [-0.39, 0.29) is 11.4 Å². The van der Waals surface area contributed by atoms with Crippen molar-refractivity contribution >= 4 is 11.6 Å². The van der Waals surface area contributed by atoms with Gasteiger partial charge in [-0.3, -0.25) is 10.2 Å². The molecule has 9 heteroatoms. The van der Waals surface area contributed by atoms with Gasteiger partial charge in [0.2, 0.25) is 5.88 Å². The van der Waals surface area contributed by atoms with Crippen LogP contribution in [0.5, 0.6) is 5.88 Å². The van der Waals surface area contributed by atoms with Crippen LogP contribution in [0.2, 0.25) is 0 Å². The third kappa shape index (κ3) is 3.37. The zero-order valence-electron chi connectivity index (χ0n) is 9.46. The number of carbonyl (C=O) groups is 1. The maximum Gasteiger partial charge on any atom is 0.388 e. The zero-order chi connectivity index (χ0) is 13.8. The predicted molar refractivity (Wildman–Crippen MR) is 60.6 cm³/mol. The smallest absolute Gasteiger partial charge is 0.388 e. The van der Waals surface area contributed by atoms with Crippen molar-refractivity contribution in [3.8, 4) is 5.88 Å². The molecule has 0 unspecified atom stereocenters. The maximum atomic E-state index is 11.9. The quantitative estimate of drug-likeness (QED) is 0.839. The van der Waals surface area contributed by atoms with E-state index in [0.717, 1.165) is 0 Å². The van der Waals surface area contributed by atoms with Gasteiger partial charge in [0.15, 0.2) is 0 Å². The average molecular weight is 269 g/mol. The van der Waals surface area contributed by atoms with Crippen LogP contribution in [-0.2, 0) is 0 Å². The average Bonchev–Trinajstić information content (AvgIpc) is 2.80. The number of ether oxygens (including phenoxy) is 1. The molecule has 0 aliphatic rings. The molecule has 2 rings (SSSR count). The highest BCUT2D eigenvalue weighted by Gasteiger charge is 2.06. The van der Waals surface area contributed by atoms with E-state index in [1.54, 1.807) is 0 Å². The van der Waals surface area contributed by atoms with Crippen LogP contribution in [0.25, 0.3) is 0 Å². The highest BCUT2D eigenvalue weighted by atomic mass is 19.3. The number of alkyl halides is 2. The molecule has 7 nitrogen and oxygen atoms in total. The number of nitrogens with one attached hydrogen (secondary N) is 1. The lowest BCUT2D eigenvalue weighted by atomic mass is 10.4. The molecule has 3 N–H and O–H groups in total. The Morgan fingerprint density at radius 2 is 2.21 bits per heavy atom. The Bertz CT molecular complexity index is 570. The lowest BCUT2D eigenvalue weighted by Gasteiger charge is -2.06. The van der Waals surface area contributed by atoms with Gasteiger partial charge >= 0.3 is 6.61 Å². The Labute approximate surface area is 106 Å². The van der Waals surface area contributed by atoms with Crippen LogP contribution in [0.1, 0.15) is 10.4 Å². The molecule has 19 heavy (non-hydrogen) atoms. The second-order valence-electron chi connectivity index (χ2n) is 3.41. The third-order valence-corrected chi connectivity index (χ3v) is 2.06. The first-order valence-electron chi connectivity index (χ1n) is 5.07. The van der Waals surface area contributed by atoms with E-state index in [4.69, 9.17) is 5.73 Å². The van der Waals surface area contributed by atoms with E-state index in [2.05, 4.69) is 20.2 Å². The highest BCUT2D eigenvalue weighted by Crippen LogP contribution is 2.13. The number of halogens is 2. The Balaban J connectivity index is 2.04. The Hall–Kier alpha value is -2.71. The molecule has 0 aromatic carbocycles.